The summed E-state index contributed by atoms with van der Waals surface area (Å²) in [5, 5.41) is 10.5. The van der Waals surface area contributed by atoms with E-state index in [1.54, 1.807) is 0 Å². The molecule has 0 aliphatic heterocycles. The summed E-state index contributed by atoms with van der Waals surface area (Å²) in [6.45, 7) is 12.7. The molecule has 0 bridgehead atoms. The summed E-state index contributed by atoms with van der Waals surface area (Å²) in [5.41, 5.74) is 5.27. The van der Waals surface area contributed by atoms with Gasteiger partial charge in [-0.1, -0.05) is 47.1 Å². The Labute approximate surface area is 131 Å². The first-order valence-electron chi connectivity index (χ1n) is 8.20. The normalized spacial score (nSPS) is 33.7. The van der Waals surface area contributed by atoms with Crippen LogP contribution in [0.2, 0.25) is 0 Å². The van der Waals surface area contributed by atoms with Crippen LogP contribution in [0, 0.1) is 5.92 Å². The van der Waals surface area contributed by atoms with Gasteiger partial charge in [-0.25, -0.2) is 0 Å². The zero-order valence-corrected chi connectivity index (χ0v) is 14.3. The molecule has 1 nitrogen and oxygen atoms in total. The zero-order valence-electron chi connectivity index (χ0n) is 14.3. The predicted molar refractivity (Wildman–Crippen MR) is 93.3 cm³/mol. The molecule has 0 aromatic heterocycles. The summed E-state index contributed by atoms with van der Waals surface area (Å²) in [6.07, 6.45) is 12.7. The molecule has 0 heterocycles. The minimum absolute atomic E-state index is 0.170. The average Bonchev–Trinajstić information content (AvgIpc) is 2.37. The lowest BCUT2D eigenvalue weighted by molar-refractivity contribution is 0.126. The van der Waals surface area contributed by atoms with Gasteiger partial charge < -0.3 is 5.11 Å². The lowest BCUT2D eigenvalue weighted by Crippen LogP contribution is -2.21. The summed E-state index contributed by atoms with van der Waals surface area (Å²) in [6, 6.07) is 0. The van der Waals surface area contributed by atoms with E-state index in [0.717, 1.165) is 44.1 Å². The summed E-state index contributed by atoms with van der Waals surface area (Å²) in [4.78, 5) is 0. The molecule has 1 N–H and O–H groups in total. The van der Waals surface area contributed by atoms with Gasteiger partial charge in [-0.3, -0.25) is 0 Å². The quantitative estimate of drug-likeness (QED) is 0.611. The SMILES string of the molecule is C=C(C)[C@H]1C/C=C(\C)CC/C=C(\C)CC/C=C(/C)C[C@H]1O. The molecule has 0 aromatic rings. The van der Waals surface area contributed by atoms with Gasteiger partial charge in [0, 0.05) is 5.92 Å². The second-order valence-electron chi connectivity index (χ2n) is 6.69. The molecular weight excluding hydrogens is 256 g/mol. The first-order chi connectivity index (χ1) is 9.90. The summed E-state index contributed by atoms with van der Waals surface area (Å²) in [7, 11) is 0. The Balaban J connectivity index is 2.90. The Bertz CT molecular complexity index is 437. The number of hydrogen-bond acceptors (Lipinski definition) is 1. The van der Waals surface area contributed by atoms with Gasteiger partial charge in [-0.2, -0.15) is 0 Å². The predicted octanol–water partition coefficient (Wildman–Crippen LogP) is 5.73. The van der Waals surface area contributed by atoms with E-state index in [2.05, 4.69) is 45.6 Å². The number of allylic oxidation sites excluding steroid dienone is 5. The molecule has 1 aliphatic rings. The molecule has 0 saturated heterocycles. The Morgan fingerprint density at radius 1 is 1.00 bits per heavy atom. The van der Waals surface area contributed by atoms with E-state index < -0.39 is 0 Å². The van der Waals surface area contributed by atoms with Gasteiger partial charge in [0.05, 0.1) is 6.10 Å². The van der Waals surface area contributed by atoms with E-state index in [-0.39, 0.29) is 12.0 Å². The lowest BCUT2D eigenvalue weighted by atomic mass is 9.87. The monoisotopic (exact) mass is 288 g/mol. The fourth-order valence-electron chi connectivity index (χ4n) is 2.87. The van der Waals surface area contributed by atoms with Gasteiger partial charge in [0.15, 0.2) is 0 Å². The average molecular weight is 288 g/mol. The van der Waals surface area contributed by atoms with Gasteiger partial charge in [0.1, 0.15) is 0 Å². The maximum absolute atomic E-state index is 10.5. The summed E-state index contributed by atoms with van der Waals surface area (Å²) >= 11 is 0. The number of hydrogen-bond donors (Lipinski definition) is 1. The maximum atomic E-state index is 10.5. The third-order valence-corrected chi connectivity index (χ3v) is 4.41. The largest absolute Gasteiger partial charge is 0.392 e. The second-order valence-corrected chi connectivity index (χ2v) is 6.69. The highest BCUT2D eigenvalue weighted by molar-refractivity contribution is 5.12. The zero-order chi connectivity index (χ0) is 15.8. The first kappa shape index (κ1) is 18.0. The molecule has 118 valence electrons. The van der Waals surface area contributed by atoms with Crippen molar-refractivity contribution in [1.82, 2.24) is 0 Å². The molecule has 1 aliphatic carbocycles. The molecule has 21 heavy (non-hydrogen) atoms. The smallest absolute Gasteiger partial charge is 0.0645 e. The molecule has 0 spiro atoms. The van der Waals surface area contributed by atoms with Crippen LogP contribution in [0.5, 0.6) is 0 Å². The van der Waals surface area contributed by atoms with Gasteiger partial charge in [0.2, 0.25) is 0 Å². The highest BCUT2D eigenvalue weighted by Crippen LogP contribution is 2.25. The van der Waals surface area contributed by atoms with Crippen molar-refractivity contribution in [1.29, 1.82) is 0 Å². The van der Waals surface area contributed by atoms with E-state index in [0.29, 0.717) is 0 Å². The Kier molecular flexibility index (Phi) is 7.74. The van der Waals surface area contributed by atoms with Crippen LogP contribution in [0.4, 0.5) is 0 Å². The van der Waals surface area contributed by atoms with Crippen molar-refractivity contribution in [2.45, 2.75) is 72.3 Å². The molecule has 0 unspecified atom stereocenters. The van der Waals surface area contributed by atoms with Crippen LogP contribution >= 0.6 is 0 Å². The van der Waals surface area contributed by atoms with Crippen LogP contribution in [0.1, 0.15) is 66.2 Å². The Morgan fingerprint density at radius 2 is 1.52 bits per heavy atom. The van der Waals surface area contributed by atoms with Crippen LogP contribution in [-0.4, -0.2) is 11.2 Å². The minimum Gasteiger partial charge on any atom is -0.392 e. The molecule has 0 saturated carbocycles. The molecule has 0 radical (unpaired) electrons. The molecular formula is C20H32O. The highest BCUT2D eigenvalue weighted by atomic mass is 16.3. The molecule has 0 fully saturated rings. The molecule has 0 aromatic carbocycles. The van der Waals surface area contributed by atoms with Gasteiger partial charge >= 0.3 is 0 Å². The topological polar surface area (TPSA) is 20.2 Å². The van der Waals surface area contributed by atoms with Gasteiger partial charge in [-0.05, 0) is 66.2 Å². The van der Waals surface area contributed by atoms with Crippen molar-refractivity contribution in [2.75, 3.05) is 0 Å². The van der Waals surface area contributed by atoms with E-state index in [1.807, 2.05) is 6.92 Å². The van der Waals surface area contributed by atoms with Crippen LogP contribution in [0.3, 0.4) is 0 Å². The van der Waals surface area contributed by atoms with Crippen LogP contribution in [-0.2, 0) is 0 Å². The van der Waals surface area contributed by atoms with Crippen molar-refractivity contribution >= 4 is 0 Å². The van der Waals surface area contributed by atoms with Crippen molar-refractivity contribution in [3.63, 3.8) is 0 Å². The Hall–Kier alpha value is -1.08. The van der Waals surface area contributed by atoms with E-state index >= 15 is 0 Å². The van der Waals surface area contributed by atoms with Crippen molar-refractivity contribution in [2.24, 2.45) is 5.92 Å². The van der Waals surface area contributed by atoms with Crippen molar-refractivity contribution < 1.29 is 5.11 Å². The van der Waals surface area contributed by atoms with Crippen molar-refractivity contribution in [3.8, 4) is 0 Å². The third kappa shape index (κ3) is 6.95. The standard InChI is InChI=1S/C20H32O/c1-15(2)19-13-12-17(4)10-6-8-16(3)9-7-11-18(5)14-20(19)21/h8,11-12,19-21H,1,6-7,9-10,13-14H2,2-5H3/b16-8+,17-12+,18-11-/t19-,20-/m1/s1. The molecule has 1 heteroatoms. The number of rotatable bonds is 1. The third-order valence-electron chi connectivity index (χ3n) is 4.41. The molecule has 2 atom stereocenters. The highest BCUT2D eigenvalue weighted by Gasteiger charge is 2.19. The Morgan fingerprint density at radius 3 is 2.10 bits per heavy atom. The fourth-order valence-corrected chi connectivity index (χ4v) is 2.87. The maximum Gasteiger partial charge on any atom is 0.0645 e. The number of aliphatic hydroxyl groups excluding tert-OH is 1. The van der Waals surface area contributed by atoms with E-state index in [9.17, 15) is 5.11 Å². The summed E-state index contributed by atoms with van der Waals surface area (Å²) < 4.78 is 0. The van der Waals surface area contributed by atoms with Gasteiger partial charge in [0.25, 0.3) is 0 Å². The van der Waals surface area contributed by atoms with Crippen molar-refractivity contribution in [3.05, 3.63) is 47.1 Å². The van der Waals surface area contributed by atoms with E-state index in [1.165, 1.54) is 16.7 Å². The molecule has 0 amide bonds. The van der Waals surface area contributed by atoms with E-state index in [4.69, 9.17) is 0 Å². The fraction of sp³-hybridized carbons (Fsp3) is 0.600. The lowest BCUT2D eigenvalue weighted by Gasteiger charge is -2.23. The van der Waals surface area contributed by atoms with Crippen LogP contribution < -0.4 is 0 Å². The number of aliphatic hydroxyl groups is 1. The van der Waals surface area contributed by atoms with Crippen LogP contribution in [0.25, 0.3) is 0 Å². The first-order valence-corrected chi connectivity index (χ1v) is 8.20. The van der Waals surface area contributed by atoms with Crippen LogP contribution in [0.15, 0.2) is 47.1 Å². The molecule has 1 rings (SSSR count). The minimum atomic E-state index is -0.317. The van der Waals surface area contributed by atoms with Gasteiger partial charge in [-0.15, -0.1) is 0 Å². The second kappa shape index (κ2) is 9.04. The summed E-state index contributed by atoms with van der Waals surface area (Å²) in [5.74, 6) is 0.170.